The lowest BCUT2D eigenvalue weighted by atomic mass is 10.1. The summed E-state index contributed by atoms with van der Waals surface area (Å²) in [6.45, 7) is 9.19. The molecule has 0 fully saturated rings. The Labute approximate surface area is 175 Å². The number of hydrogen-bond acceptors (Lipinski definition) is 4. The highest BCUT2D eigenvalue weighted by Gasteiger charge is 2.19. The first-order chi connectivity index (χ1) is 14.4. The van der Waals surface area contributed by atoms with Crippen molar-refractivity contribution in [3.8, 4) is 5.69 Å². The Kier molecular flexibility index (Phi) is 5.35. The molecule has 7 nitrogen and oxygen atoms in total. The van der Waals surface area contributed by atoms with Crippen molar-refractivity contribution in [2.24, 2.45) is 0 Å². The number of amides is 1. The van der Waals surface area contributed by atoms with Crippen LogP contribution in [0.15, 0.2) is 42.5 Å². The molecule has 7 heteroatoms. The predicted octanol–water partition coefficient (Wildman–Crippen LogP) is 3.67. The number of aryl methyl sites for hydroxylation is 5. The molecule has 4 aromatic rings. The average Bonchev–Trinajstić information content (AvgIpc) is 3.23. The monoisotopic (exact) mass is 402 g/mol. The molecule has 0 aliphatic heterocycles. The summed E-state index contributed by atoms with van der Waals surface area (Å²) in [5, 5.41) is 13.0. The first kappa shape index (κ1) is 19.8. The van der Waals surface area contributed by atoms with Crippen LogP contribution in [0.4, 0.5) is 0 Å². The number of para-hydroxylation sites is 1. The number of aromatic nitrogens is 5. The molecular formula is C23H26N6O. The molecule has 0 unspecified atom stereocenters. The minimum Gasteiger partial charge on any atom is -0.352 e. The fourth-order valence-corrected chi connectivity index (χ4v) is 3.77. The maximum Gasteiger partial charge on any atom is 0.252 e. The second-order valence-electron chi connectivity index (χ2n) is 7.60. The van der Waals surface area contributed by atoms with E-state index in [0.717, 1.165) is 46.8 Å². The number of carbonyl (C=O) groups excluding carboxylic acids is 1. The molecule has 0 radical (unpaired) electrons. The van der Waals surface area contributed by atoms with Gasteiger partial charge in [-0.25, -0.2) is 9.67 Å². The molecule has 0 bridgehead atoms. The molecule has 1 amide bonds. The summed E-state index contributed by atoms with van der Waals surface area (Å²) in [7, 11) is 0. The van der Waals surface area contributed by atoms with E-state index in [1.165, 1.54) is 0 Å². The first-order valence-corrected chi connectivity index (χ1v) is 10.2. The van der Waals surface area contributed by atoms with Gasteiger partial charge < -0.3 is 5.32 Å². The largest absolute Gasteiger partial charge is 0.352 e. The van der Waals surface area contributed by atoms with Gasteiger partial charge in [-0.3, -0.25) is 9.48 Å². The molecule has 1 aromatic carbocycles. The van der Waals surface area contributed by atoms with Crippen LogP contribution < -0.4 is 5.32 Å². The molecule has 0 saturated carbocycles. The van der Waals surface area contributed by atoms with Gasteiger partial charge in [0, 0.05) is 24.5 Å². The van der Waals surface area contributed by atoms with Crippen LogP contribution in [0.1, 0.15) is 39.6 Å². The van der Waals surface area contributed by atoms with Gasteiger partial charge in [0.1, 0.15) is 0 Å². The molecule has 0 atom stereocenters. The number of fused-ring (bicyclic) bond motifs is 1. The van der Waals surface area contributed by atoms with Crippen molar-refractivity contribution < 1.29 is 4.79 Å². The standard InChI is InChI=1S/C23H26N6O/c1-15-14-20(23(30)24-11-8-12-28-17(3)13-16(2)26-28)21-18(4)27-29(22(21)25-15)19-9-6-5-7-10-19/h5-7,9-10,13-14H,8,11-12H2,1-4H3,(H,24,30). The van der Waals surface area contributed by atoms with Gasteiger partial charge >= 0.3 is 0 Å². The molecule has 4 rings (SSSR count). The van der Waals surface area contributed by atoms with E-state index in [1.807, 2.05) is 68.8 Å². The third-order valence-corrected chi connectivity index (χ3v) is 5.12. The third-order valence-electron chi connectivity index (χ3n) is 5.12. The maximum absolute atomic E-state index is 13.0. The molecule has 0 spiro atoms. The Bertz CT molecular complexity index is 1210. The van der Waals surface area contributed by atoms with E-state index < -0.39 is 0 Å². The van der Waals surface area contributed by atoms with Gasteiger partial charge in [-0.1, -0.05) is 18.2 Å². The fraction of sp³-hybridized carbons (Fsp3) is 0.304. The van der Waals surface area contributed by atoms with Crippen LogP contribution >= 0.6 is 0 Å². The molecule has 1 N–H and O–H groups in total. The summed E-state index contributed by atoms with van der Waals surface area (Å²) >= 11 is 0. The normalized spacial score (nSPS) is 11.2. The SMILES string of the molecule is Cc1cc(C(=O)NCCCn2nc(C)cc2C)c2c(C)nn(-c3ccccc3)c2n1. The predicted molar refractivity (Wildman–Crippen MR) is 117 cm³/mol. The van der Waals surface area contributed by atoms with Gasteiger partial charge in [0.05, 0.1) is 28.0 Å². The highest BCUT2D eigenvalue weighted by molar-refractivity contribution is 6.06. The lowest BCUT2D eigenvalue weighted by molar-refractivity contribution is 0.0954. The van der Waals surface area contributed by atoms with Crippen molar-refractivity contribution in [2.45, 2.75) is 40.7 Å². The van der Waals surface area contributed by atoms with E-state index >= 15 is 0 Å². The number of nitrogens with one attached hydrogen (secondary N) is 1. The molecular weight excluding hydrogens is 376 g/mol. The van der Waals surface area contributed by atoms with Crippen LogP contribution in [0.25, 0.3) is 16.7 Å². The fourth-order valence-electron chi connectivity index (χ4n) is 3.77. The molecule has 0 saturated heterocycles. The highest BCUT2D eigenvalue weighted by Crippen LogP contribution is 2.24. The third kappa shape index (κ3) is 3.83. The van der Waals surface area contributed by atoms with Gasteiger partial charge in [-0.15, -0.1) is 0 Å². The Morgan fingerprint density at radius 1 is 1.00 bits per heavy atom. The van der Waals surface area contributed by atoms with Gasteiger partial charge in [0.15, 0.2) is 5.65 Å². The van der Waals surface area contributed by atoms with Crippen LogP contribution in [0.2, 0.25) is 0 Å². The lowest BCUT2D eigenvalue weighted by Crippen LogP contribution is -2.26. The van der Waals surface area contributed by atoms with E-state index in [1.54, 1.807) is 4.68 Å². The Morgan fingerprint density at radius 3 is 2.47 bits per heavy atom. The Morgan fingerprint density at radius 2 is 1.77 bits per heavy atom. The van der Waals surface area contributed by atoms with Crippen LogP contribution in [-0.2, 0) is 6.54 Å². The quantitative estimate of drug-likeness (QED) is 0.499. The maximum atomic E-state index is 13.0. The Hall–Kier alpha value is -3.48. The minimum absolute atomic E-state index is 0.102. The van der Waals surface area contributed by atoms with Crippen LogP contribution in [0.5, 0.6) is 0 Å². The van der Waals surface area contributed by atoms with Crippen molar-refractivity contribution >= 4 is 16.9 Å². The number of nitrogens with zero attached hydrogens (tertiary/aromatic N) is 5. The molecule has 0 aliphatic rings. The second kappa shape index (κ2) is 8.10. The lowest BCUT2D eigenvalue weighted by Gasteiger charge is -2.09. The highest BCUT2D eigenvalue weighted by atomic mass is 16.1. The van der Waals surface area contributed by atoms with E-state index in [-0.39, 0.29) is 5.91 Å². The topological polar surface area (TPSA) is 77.6 Å². The zero-order valence-corrected chi connectivity index (χ0v) is 17.8. The number of hydrogen-bond donors (Lipinski definition) is 1. The summed E-state index contributed by atoms with van der Waals surface area (Å²) in [5.74, 6) is -0.102. The van der Waals surface area contributed by atoms with E-state index in [4.69, 9.17) is 0 Å². The van der Waals surface area contributed by atoms with Crippen molar-refractivity contribution in [3.63, 3.8) is 0 Å². The average molecular weight is 403 g/mol. The van der Waals surface area contributed by atoms with Crippen molar-refractivity contribution in [1.29, 1.82) is 0 Å². The first-order valence-electron chi connectivity index (χ1n) is 10.2. The van der Waals surface area contributed by atoms with E-state index in [9.17, 15) is 4.79 Å². The summed E-state index contributed by atoms with van der Waals surface area (Å²) in [4.78, 5) is 17.7. The molecule has 30 heavy (non-hydrogen) atoms. The number of benzene rings is 1. The minimum atomic E-state index is -0.102. The second-order valence-corrected chi connectivity index (χ2v) is 7.60. The Balaban J connectivity index is 1.55. The summed E-state index contributed by atoms with van der Waals surface area (Å²) in [6.07, 6.45) is 0.809. The van der Waals surface area contributed by atoms with Gasteiger partial charge in [-0.05, 0) is 58.4 Å². The van der Waals surface area contributed by atoms with Crippen LogP contribution in [0, 0.1) is 27.7 Å². The van der Waals surface area contributed by atoms with Crippen LogP contribution in [-0.4, -0.2) is 37.0 Å². The summed E-state index contributed by atoms with van der Waals surface area (Å²) in [6, 6.07) is 13.7. The van der Waals surface area contributed by atoms with Gasteiger partial charge in [-0.2, -0.15) is 10.2 Å². The van der Waals surface area contributed by atoms with E-state index in [2.05, 4.69) is 26.6 Å². The zero-order valence-electron chi connectivity index (χ0n) is 17.8. The zero-order chi connectivity index (χ0) is 21.3. The number of rotatable bonds is 6. The van der Waals surface area contributed by atoms with Crippen molar-refractivity contribution in [1.82, 2.24) is 29.9 Å². The van der Waals surface area contributed by atoms with E-state index in [0.29, 0.717) is 17.8 Å². The summed E-state index contributed by atoms with van der Waals surface area (Å²) in [5.41, 5.74) is 5.95. The molecule has 3 heterocycles. The van der Waals surface area contributed by atoms with Crippen molar-refractivity contribution in [2.75, 3.05) is 6.54 Å². The molecule has 0 aliphatic carbocycles. The molecule has 3 aromatic heterocycles. The number of pyridine rings is 1. The van der Waals surface area contributed by atoms with Gasteiger partial charge in [0.2, 0.25) is 0 Å². The summed E-state index contributed by atoms with van der Waals surface area (Å²) < 4.78 is 3.78. The van der Waals surface area contributed by atoms with Crippen molar-refractivity contribution in [3.05, 3.63) is 70.8 Å². The van der Waals surface area contributed by atoms with Gasteiger partial charge in [0.25, 0.3) is 5.91 Å². The van der Waals surface area contributed by atoms with Crippen LogP contribution in [0.3, 0.4) is 0 Å². The molecule has 154 valence electrons. The number of carbonyl (C=O) groups is 1. The smallest absolute Gasteiger partial charge is 0.252 e.